The second kappa shape index (κ2) is 5.81. The van der Waals surface area contributed by atoms with E-state index in [1.54, 1.807) is 0 Å². The highest BCUT2D eigenvalue weighted by atomic mass is 19.4. The van der Waals surface area contributed by atoms with Crippen LogP contribution in [0.1, 0.15) is 56.6 Å². The molecule has 1 aliphatic carbocycles. The first-order chi connectivity index (χ1) is 9.02. The fourth-order valence-corrected chi connectivity index (χ4v) is 2.70. The zero-order valence-corrected chi connectivity index (χ0v) is 11.2. The normalized spacial score (nSPS) is 16.2. The average molecular weight is 268 g/mol. The first-order valence-corrected chi connectivity index (χ1v) is 6.91. The molecule has 0 heterocycles. The number of alkyl halides is 3. The maximum absolute atomic E-state index is 12.7. The Morgan fingerprint density at radius 3 is 2.63 bits per heavy atom. The van der Waals surface area contributed by atoms with Crippen molar-refractivity contribution in [3.63, 3.8) is 0 Å². The molecule has 0 bridgehead atoms. The summed E-state index contributed by atoms with van der Waals surface area (Å²) in [4.78, 5) is 0. The Balaban J connectivity index is 2.30. The lowest BCUT2D eigenvalue weighted by atomic mass is 9.97. The van der Waals surface area contributed by atoms with E-state index in [0.717, 1.165) is 55.7 Å². The molecule has 0 saturated carbocycles. The van der Waals surface area contributed by atoms with E-state index in [4.69, 9.17) is 0 Å². The van der Waals surface area contributed by atoms with Crippen molar-refractivity contribution in [3.8, 4) is 0 Å². The predicted molar refractivity (Wildman–Crippen MR) is 71.7 cm³/mol. The van der Waals surface area contributed by atoms with Crippen molar-refractivity contribution in [2.24, 2.45) is 0 Å². The van der Waals surface area contributed by atoms with Crippen molar-refractivity contribution in [1.29, 1.82) is 0 Å². The lowest BCUT2D eigenvalue weighted by Crippen LogP contribution is -2.05. The molecule has 3 heteroatoms. The second-order valence-electron chi connectivity index (χ2n) is 5.12. The van der Waals surface area contributed by atoms with E-state index < -0.39 is 11.7 Å². The van der Waals surface area contributed by atoms with Crippen LogP contribution < -0.4 is 0 Å². The number of hydrogen-bond donors (Lipinski definition) is 0. The van der Waals surface area contributed by atoms with Crippen LogP contribution >= 0.6 is 0 Å². The molecule has 0 radical (unpaired) electrons. The fourth-order valence-electron chi connectivity index (χ4n) is 2.70. The summed E-state index contributed by atoms with van der Waals surface area (Å²) in [5.74, 6) is 0. The summed E-state index contributed by atoms with van der Waals surface area (Å²) in [5.41, 5.74) is 2.73. The summed E-state index contributed by atoms with van der Waals surface area (Å²) in [7, 11) is 0. The average Bonchev–Trinajstić information content (AvgIpc) is 2.83. The van der Waals surface area contributed by atoms with Crippen LogP contribution in [0, 0.1) is 0 Å². The molecule has 0 unspecified atom stereocenters. The van der Waals surface area contributed by atoms with E-state index in [2.05, 4.69) is 6.92 Å². The van der Waals surface area contributed by atoms with Crippen LogP contribution in [0.3, 0.4) is 0 Å². The van der Waals surface area contributed by atoms with Gasteiger partial charge >= 0.3 is 6.18 Å². The highest BCUT2D eigenvalue weighted by molar-refractivity contribution is 5.71. The molecule has 104 valence electrons. The summed E-state index contributed by atoms with van der Waals surface area (Å²) in [6, 6.07) is 5.76. The van der Waals surface area contributed by atoms with E-state index in [0.29, 0.717) is 0 Å². The molecular formula is C16H19F3. The molecule has 0 aliphatic heterocycles. The Kier molecular flexibility index (Phi) is 4.33. The van der Waals surface area contributed by atoms with Crippen LogP contribution in [0.4, 0.5) is 13.2 Å². The molecule has 0 N–H and O–H groups in total. The Morgan fingerprint density at radius 2 is 1.95 bits per heavy atom. The maximum atomic E-state index is 12.7. The molecule has 1 aromatic carbocycles. The standard InChI is InChI=1S/C16H19F3/c1-2-3-6-12-7-5-10-15(12)13-8-4-9-14(11-13)16(17,18)19/h4,8-9,11H,2-3,5-7,10H2,1H3. The topological polar surface area (TPSA) is 0 Å². The summed E-state index contributed by atoms with van der Waals surface area (Å²) in [6.45, 7) is 2.14. The van der Waals surface area contributed by atoms with Crippen molar-refractivity contribution in [2.75, 3.05) is 0 Å². The number of benzene rings is 1. The van der Waals surface area contributed by atoms with Crippen molar-refractivity contribution >= 4 is 5.57 Å². The Bertz CT molecular complexity index is 469. The van der Waals surface area contributed by atoms with Gasteiger partial charge in [-0.05, 0) is 55.4 Å². The molecule has 1 aliphatic rings. The summed E-state index contributed by atoms with van der Waals surface area (Å²) in [6.07, 6.45) is 2.06. The van der Waals surface area contributed by atoms with Gasteiger partial charge in [0.1, 0.15) is 0 Å². The second-order valence-corrected chi connectivity index (χ2v) is 5.12. The van der Waals surface area contributed by atoms with E-state index in [-0.39, 0.29) is 0 Å². The summed E-state index contributed by atoms with van der Waals surface area (Å²) >= 11 is 0. The van der Waals surface area contributed by atoms with E-state index >= 15 is 0 Å². The fraction of sp³-hybridized carbons (Fsp3) is 0.500. The van der Waals surface area contributed by atoms with Crippen LogP contribution in [0.2, 0.25) is 0 Å². The quantitative estimate of drug-likeness (QED) is 0.644. The predicted octanol–water partition coefficient (Wildman–Crippen LogP) is 5.83. The molecule has 0 spiro atoms. The highest BCUT2D eigenvalue weighted by Gasteiger charge is 2.30. The number of halogens is 3. The number of rotatable bonds is 4. The number of unbranched alkanes of at least 4 members (excludes halogenated alkanes) is 1. The molecule has 1 aromatic rings. The van der Waals surface area contributed by atoms with Gasteiger partial charge in [0.2, 0.25) is 0 Å². The van der Waals surface area contributed by atoms with Crippen molar-refractivity contribution < 1.29 is 13.2 Å². The van der Waals surface area contributed by atoms with Crippen LogP contribution in [-0.4, -0.2) is 0 Å². The highest BCUT2D eigenvalue weighted by Crippen LogP contribution is 2.38. The maximum Gasteiger partial charge on any atom is 0.416 e. The molecular weight excluding hydrogens is 249 g/mol. The largest absolute Gasteiger partial charge is 0.416 e. The molecule has 0 saturated heterocycles. The molecule has 0 atom stereocenters. The van der Waals surface area contributed by atoms with Gasteiger partial charge in [-0.2, -0.15) is 13.2 Å². The first-order valence-electron chi connectivity index (χ1n) is 6.91. The molecule has 2 rings (SSSR count). The van der Waals surface area contributed by atoms with Crippen LogP contribution in [-0.2, 0) is 6.18 Å². The van der Waals surface area contributed by atoms with E-state index in [9.17, 15) is 13.2 Å². The zero-order chi connectivity index (χ0) is 13.9. The number of allylic oxidation sites excluding steroid dienone is 2. The van der Waals surface area contributed by atoms with Gasteiger partial charge in [0, 0.05) is 0 Å². The molecule has 0 nitrogen and oxygen atoms in total. The van der Waals surface area contributed by atoms with E-state index in [1.807, 2.05) is 6.07 Å². The van der Waals surface area contributed by atoms with Crippen LogP contribution in [0.5, 0.6) is 0 Å². The minimum absolute atomic E-state index is 0.542. The Labute approximate surface area is 112 Å². The number of hydrogen-bond acceptors (Lipinski definition) is 0. The van der Waals surface area contributed by atoms with Gasteiger partial charge in [0.05, 0.1) is 5.56 Å². The minimum atomic E-state index is -4.25. The molecule has 19 heavy (non-hydrogen) atoms. The summed E-state index contributed by atoms with van der Waals surface area (Å²) in [5, 5.41) is 0. The third-order valence-electron chi connectivity index (χ3n) is 3.70. The van der Waals surface area contributed by atoms with Gasteiger partial charge in [-0.3, -0.25) is 0 Å². The van der Waals surface area contributed by atoms with Gasteiger partial charge in [0.15, 0.2) is 0 Å². The van der Waals surface area contributed by atoms with Gasteiger partial charge in [-0.25, -0.2) is 0 Å². The monoisotopic (exact) mass is 268 g/mol. The van der Waals surface area contributed by atoms with Crippen LogP contribution in [0.25, 0.3) is 5.57 Å². The lowest BCUT2D eigenvalue weighted by Gasteiger charge is -2.11. The first kappa shape index (κ1) is 14.2. The van der Waals surface area contributed by atoms with Crippen molar-refractivity contribution in [1.82, 2.24) is 0 Å². The van der Waals surface area contributed by atoms with Gasteiger partial charge in [0.25, 0.3) is 0 Å². The van der Waals surface area contributed by atoms with Crippen molar-refractivity contribution in [3.05, 3.63) is 41.0 Å². The van der Waals surface area contributed by atoms with Gasteiger partial charge < -0.3 is 0 Å². The van der Waals surface area contributed by atoms with Crippen molar-refractivity contribution in [2.45, 2.75) is 51.6 Å². The van der Waals surface area contributed by atoms with E-state index in [1.165, 1.54) is 17.7 Å². The zero-order valence-electron chi connectivity index (χ0n) is 11.2. The minimum Gasteiger partial charge on any atom is -0.166 e. The van der Waals surface area contributed by atoms with Gasteiger partial charge in [-0.15, -0.1) is 0 Å². The molecule has 0 aromatic heterocycles. The SMILES string of the molecule is CCCCC1=C(c2cccc(C(F)(F)F)c2)CCC1. The Morgan fingerprint density at radius 1 is 1.16 bits per heavy atom. The smallest absolute Gasteiger partial charge is 0.166 e. The Hall–Kier alpha value is -1.25. The summed E-state index contributed by atoms with van der Waals surface area (Å²) < 4.78 is 38.2. The van der Waals surface area contributed by atoms with Gasteiger partial charge in [-0.1, -0.05) is 31.1 Å². The third-order valence-corrected chi connectivity index (χ3v) is 3.70. The molecule has 0 amide bonds. The third kappa shape index (κ3) is 3.40. The molecule has 0 fully saturated rings. The lowest BCUT2D eigenvalue weighted by molar-refractivity contribution is -0.137. The van der Waals surface area contributed by atoms with Crippen LogP contribution in [0.15, 0.2) is 29.8 Å².